The highest BCUT2D eigenvalue weighted by Gasteiger charge is 2.45. The number of aromatic nitrogens is 1. The summed E-state index contributed by atoms with van der Waals surface area (Å²) in [5.41, 5.74) is 6.88. The van der Waals surface area contributed by atoms with Crippen LogP contribution in [-0.4, -0.2) is 81.1 Å². The fourth-order valence-electron chi connectivity index (χ4n) is 4.98. The maximum absolute atomic E-state index is 15.9. The summed E-state index contributed by atoms with van der Waals surface area (Å²) < 4.78 is 15.9. The SMILES string of the molecule is CC(C)(C)NC(=O)c1ccnc(CN2CCN(C(=O)C3=CC=CC(F)(N(C(N)=O)C4CCC4)C3)CC2)c1. The molecular formula is C27H37FN6O3. The van der Waals surface area contributed by atoms with Crippen LogP contribution in [0.3, 0.4) is 0 Å². The van der Waals surface area contributed by atoms with Gasteiger partial charge in [-0.3, -0.25) is 24.4 Å². The Kier molecular flexibility index (Phi) is 7.68. The highest BCUT2D eigenvalue weighted by atomic mass is 19.1. The molecule has 1 saturated heterocycles. The Bertz CT molecular complexity index is 1100. The Hall–Kier alpha value is -3.27. The van der Waals surface area contributed by atoms with Gasteiger partial charge in [0.05, 0.1) is 5.69 Å². The summed E-state index contributed by atoms with van der Waals surface area (Å²) in [6, 6.07) is 2.47. The molecule has 2 heterocycles. The number of carbonyl (C=O) groups excluding carboxylic acids is 3. The summed E-state index contributed by atoms with van der Waals surface area (Å²) in [6.45, 7) is 8.61. The normalized spacial score (nSPS) is 22.7. The molecule has 9 nitrogen and oxygen atoms in total. The van der Waals surface area contributed by atoms with Gasteiger partial charge in [0, 0.05) is 68.1 Å². The van der Waals surface area contributed by atoms with E-state index in [-0.39, 0.29) is 29.8 Å². The number of alkyl halides is 1. The lowest BCUT2D eigenvalue weighted by atomic mass is 9.87. The molecule has 1 aromatic rings. The first-order valence-corrected chi connectivity index (χ1v) is 12.9. The Labute approximate surface area is 217 Å². The minimum absolute atomic E-state index is 0.141. The van der Waals surface area contributed by atoms with Gasteiger partial charge in [-0.15, -0.1) is 0 Å². The second-order valence-electron chi connectivity index (χ2n) is 11.1. The number of nitrogens with one attached hydrogen (secondary N) is 1. The van der Waals surface area contributed by atoms with Crippen molar-refractivity contribution in [1.29, 1.82) is 0 Å². The number of nitrogens with two attached hydrogens (primary N) is 1. The molecule has 0 aromatic carbocycles. The van der Waals surface area contributed by atoms with E-state index in [0.717, 1.165) is 29.9 Å². The molecule has 1 aromatic heterocycles. The third-order valence-corrected chi connectivity index (χ3v) is 7.05. The molecule has 10 heteroatoms. The van der Waals surface area contributed by atoms with Gasteiger partial charge >= 0.3 is 6.03 Å². The molecular weight excluding hydrogens is 475 g/mol. The first-order valence-electron chi connectivity index (χ1n) is 12.9. The third-order valence-electron chi connectivity index (χ3n) is 7.05. The summed E-state index contributed by atoms with van der Waals surface area (Å²) in [7, 11) is 0. The quantitative estimate of drug-likeness (QED) is 0.570. The second kappa shape index (κ2) is 10.6. The van der Waals surface area contributed by atoms with Crippen molar-refractivity contribution in [3.63, 3.8) is 0 Å². The molecule has 1 aliphatic heterocycles. The number of piperazine rings is 1. The molecule has 1 unspecified atom stereocenters. The largest absolute Gasteiger partial charge is 0.351 e. The number of carbonyl (C=O) groups is 3. The monoisotopic (exact) mass is 512 g/mol. The van der Waals surface area contributed by atoms with Gasteiger partial charge in [0.1, 0.15) is 0 Å². The van der Waals surface area contributed by atoms with E-state index < -0.39 is 11.8 Å². The standard InChI is InChI=1S/C27H37FN6O3/c1-26(2,3)31-23(35)19-9-11-30-21(16-19)18-32-12-14-33(15-13-32)24(36)20-6-5-10-27(28,17-20)34(25(29)37)22-7-4-8-22/h5-6,9-11,16,22H,4,7-8,12-15,17-18H2,1-3H3,(H2,29,37)(H,31,35). The Balaban J connectivity index is 1.33. The second-order valence-corrected chi connectivity index (χ2v) is 11.1. The van der Waals surface area contributed by atoms with Crippen molar-refractivity contribution in [2.75, 3.05) is 26.2 Å². The number of halogens is 1. The van der Waals surface area contributed by atoms with Crippen LogP contribution < -0.4 is 11.1 Å². The summed E-state index contributed by atoms with van der Waals surface area (Å²) in [5, 5.41) is 2.96. The summed E-state index contributed by atoms with van der Waals surface area (Å²) in [4.78, 5) is 47.2. The smallest absolute Gasteiger partial charge is 0.317 e. The molecule has 4 rings (SSSR count). The first-order chi connectivity index (χ1) is 17.4. The van der Waals surface area contributed by atoms with E-state index in [4.69, 9.17) is 5.73 Å². The molecule has 0 spiro atoms. The number of hydrogen-bond acceptors (Lipinski definition) is 5. The predicted molar refractivity (Wildman–Crippen MR) is 138 cm³/mol. The van der Waals surface area contributed by atoms with Gasteiger partial charge in [0.15, 0.2) is 0 Å². The number of amides is 4. The van der Waals surface area contributed by atoms with E-state index in [9.17, 15) is 14.4 Å². The average Bonchev–Trinajstić information content (AvgIpc) is 2.80. The molecule has 3 N–H and O–H groups in total. The minimum atomic E-state index is -2.09. The van der Waals surface area contributed by atoms with Crippen molar-refractivity contribution in [1.82, 2.24) is 25.0 Å². The van der Waals surface area contributed by atoms with E-state index in [1.807, 2.05) is 20.8 Å². The maximum atomic E-state index is 15.9. The zero-order valence-electron chi connectivity index (χ0n) is 21.9. The highest BCUT2D eigenvalue weighted by Crippen LogP contribution is 2.38. The van der Waals surface area contributed by atoms with Crippen LogP contribution in [0.2, 0.25) is 0 Å². The molecule has 200 valence electrons. The number of allylic oxidation sites excluding steroid dienone is 2. The molecule has 2 aliphatic carbocycles. The van der Waals surface area contributed by atoms with Gasteiger partial charge in [0.2, 0.25) is 11.7 Å². The highest BCUT2D eigenvalue weighted by molar-refractivity contribution is 5.95. The molecule has 3 aliphatic rings. The van der Waals surface area contributed by atoms with Crippen molar-refractivity contribution in [2.45, 2.75) is 70.4 Å². The van der Waals surface area contributed by atoms with Gasteiger partial charge in [-0.25, -0.2) is 9.18 Å². The molecule has 4 amide bonds. The van der Waals surface area contributed by atoms with Crippen molar-refractivity contribution < 1.29 is 18.8 Å². The fraction of sp³-hybridized carbons (Fsp3) is 0.556. The van der Waals surface area contributed by atoms with E-state index in [2.05, 4.69) is 15.2 Å². The fourth-order valence-corrected chi connectivity index (χ4v) is 4.98. The minimum Gasteiger partial charge on any atom is -0.351 e. The number of primary amides is 1. The lowest BCUT2D eigenvalue weighted by Crippen LogP contribution is -2.58. The number of pyridine rings is 1. The molecule has 0 radical (unpaired) electrons. The Morgan fingerprint density at radius 1 is 1.22 bits per heavy atom. The first kappa shape index (κ1) is 26.8. The number of nitrogens with zero attached hydrogens (tertiary/aromatic N) is 4. The topological polar surface area (TPSA) is 112 Å². The zero-order valence-corrected chi connectivity index (χ0v) is 21.9. The van der Waals surface area contributed by atoms with Crippen LogP contribution in [0, 0.1) is 0 Å². The Morgan fingerprint density at radius 3 is 2.51 bits per heavy atom. The predicted octanol–water partition coefficient (Wildman–Crippen LogP) is 2.74. The third kappa shape index (κ3) is 6.36. The molecule has 37 heavy (non-hydrogen) atoms. The number of hydrogen-bond donors (Lipinski definition) is 2. The lowest BCUT2D eigenvalue weighted by Gasteiger charge is -2.45. The van der Waals surface area contributed by atoms with Crippen molar-refractivity contribution >= 4 is 17.8 Å². The average molecular weight is 513 g/mol. The van der Waals surface area contributed by atoms with Crippen molar-refractivity contribution in [2.24, 2.45) is 5.73 Å². The number of rotatable bonds is 6. The lowest BCUT2D eigenvalue weighted by molar-refractivity contribution is -0.130. The molecule has 1 saturated carbocycles. The van der Waals surface area contributed by atoms with E-state index in [1.54, 1.807) is 29.3 Å². The zero-order chi connectivity index (χ0) is 26.8. The van der Waals surface area contributed by atoms with Crippen molar-refractivity contribution in [3.8, 4) is 0 Å². The Morgan fingerprint density at radius 2 is 1.92 bits per heavy atom. The van der Waals surface area contributed by atoms with Gasteiger partial charge < -0.3 is 16.0 Å². The van der Waals surface area contributed by atoms with Crippen LogP contribution in [0.15, 0.2) is 42.1 Å². The van der Waals surface area contributed by atoms with E-state index in [0.29, 0.717) is 43.9 Å². The van der Waals surface area contributed by atoms with Gasteiger partial charge in [-0.1, -0.05) is 12.2 Å². The maximum Gasteiger partial charge on any atom is 0.317 e. The van der Waals surface area contributed by atoms with E-state index >= 15 is 4.39 Å². The van der Waals surface area contributed by atoms with Crippen LogP contribution in [0.1, 0.15) is 62.5 Å². The van der Waals surface area contributed by atoms with Crippen LogP contribution in [0.5, 0.6) is 0 Å². The van der Waals surface area contributed by atoms with Crippen molar-refractivity contribution in [3.05, 3.63) is 53.4 Å². The summed E-state index contributed by atoms with van der Waals surface area (Å²) in [6.07, 6.45) is 8.28. The van der Waals surface area contributed by atoms with Gasteiger partial charge in [0.25, 0.3) is 5.91 Å². The van der Waals surface area contributed by atoms with E-state index in [1.165, 1.54) is 12.2 Å². The van der Waals surface area contributed by atoms with Crippen LogP contribution in [0.25, 0.3) is 0 Å². The van der Waals surface area contributed by atoms with Crippen LogP contribution in [0.4, 0.5) is 9.18 Å². The summed E-state index contributed by atoms with van der Waals surface area (Å²) >= 11 is 0. The molecule has 1 atom stereocenters. The molecule has 0 bridgehead atoms. The van der Waals surface area contributed by atoms with Gasteiger partial charge in [-0.05, 0) is 58.2 Å². The summed E-state index contributed by atoms with van der Waals surface area (Å²) in [5.74, 6) is -2.45. The van der Waals surface area contributed by atoms with Crippen LogP contribution in [-0.2, 0) is 11.3 Å². The number of urea groups is 1. The van der Waals surface area contributed by atoms with Gasteiger partial charge in [-0.2, -0.15) is 0 Å². The van der Waals surface area contributed by atoms with Crippen LogP contribution >= 0.6 is 0 Å². The molecule has 2 fully saturated rings.